The Morgan fingerprint density at radius 2 is 2.00 bits per heavy atom. The molecule has 0 fully saturated rings. The Morgan fingerprint density at radius 3 is 2.52 bits per heavy atom. The zero-order valence-corrected chi connectivity index (χ0v) is 13.2. The van der Waals surface area contributed by atoms with E-state index in [4.69, 9.17) is 5.11 Å². The van der Waals surface area contributed by atoms with E-state index in [1.54, 1.807) is 0 Å². The summed E-state index contributed by atoms with van der Waals surface area (Å²) in [6, 6.07) is 3.63. The second kappa shape index (κ2) is 7.03. The summed E-state index contributed by atoms with van der Waals surface area (Å²) in [6.07, 6.45) is 0.647. The van der Waals surface area contributed by atoms with E-state index >= 15 is 0 Å². The van der Waals surface area contributed by atoms with Crippen molar-refractivity contribution in [3.8, 4) is 11.8 Å². The van der Waals surface area contributed by atoms with Gasteiger partial charge in [-0.15, -0.1) is 0 Å². The molecule has 4 nitrogen and oxygen atoms in total. The molecule has 1 aromatic rings. The van der Waals surface area contributed by atoms with Crippen LogP contribution < -0.4 is 4.72 Å². The number of benzene rings is 1. The highest BCUT2D eigenvalue weighted by Crippen LogP contribution is 2.19. The molecule has 2 N–H and O–H groups in total. The Bertz CT molecular complexity index is 652. The fraction of sp³-hybridized carbons (Fsp3) is 0.467. The summed E-state index contributed by atoms with van der Waals surface area (Å²) in [4.78, 5) is -0.397. The fourth-order valence-corrected chi connectivity index (χ4v) is 2.67. The quantitative estimate of drug-likeness (QED) is 0.834. The van der Waals surface area contributed by atoms with E-state index in [1.165, 1.54) is 12.1 Å². The summed E-state index contributed by atoms with van der Waals surface area (Å²) >= 11 is 0. The minimum atomic E-state index is -3.87. The maximum Gasteiger partial charge on any atom is 0.243 e. The molecule has 0 spiro atoms. The number of aliphatic hydroxyl groups excluding tert-OH is 1. The first-order valence-electron chi connectivity index (χ1n) is 6.55. The Kier molecular flexibility index (Phi) is 5.90. The van der Waals surface area contributed by atoms with Crippen LogP contribution in [-0.4, -0.2) is 26.7 Å². The van der Waals surface area contributed by atoms with Crippen LogP contribution in [0.2, 0.25) is 0 Å². The van der Waals surface area contributed by atoms with E-state index in [2.05, 4.69) is 16.6 Å². The Hall–Kier alpha value is -1.42. The molecular formula is C15H20FNO3S. The lowest BCUT2D eigenvalue weighted by Gasteiger charge is -2.18. The van der Waals surface area contributed by atoms with Crippen LogP contribution in [0.15, 0.2) is 23.1 Å². The largest absolute Gasteiger partial charge is 0.384 e. The molecule has 1 aromatic carbocycles. The predicted octanol–water partition coefficient (Wildman–Crippen LogP) is 1.88. The fourth-order valence-electron chi connectivity index (χ4n) is 1.58. The third-order valence-corrected chi connectivity index (χ3v) is 4.19. The summed E-state index contributed by atoms with van der Waals surface area (Å²) in [5.74, 6) is 4.04. The Labute approximate surface area is 125 Å². The van der Waals surface area contributed by atoms with Crippen molar-refractivity contribution < 1.29 is 17.9 Å². The van der Waals surface area contributed by atoms with Gasteiger partial charge in [0.15, 0.2) is 0 Å². The number of nitrogens with one attached hydrogen (secondary N) is 1. The number of hydrogen-bond acceptors (Lipinski definition) is 3. The van der Waals surface area contributed by atoms with Crippen molar-refractivity contribution in [1.82, 2.24) is 4.72 Å². The topological polar surface area (TPSA) is 66.4 Å². The number of aliphatic hydroxyl groups is 1. The highest BCUT2D eigenvalue weighted by Gasteiger charge is 2.20. The summed E-state index contributed by atoms with van der Waals surface area (Å²) in [7, 11) is -3.87. The molecule has 0 saturated heterocycles. The van der Waals surface area contributed by atoms with E-state index in [0.717, 1.165) is 6.07 Å². The molecular weight excluding hydrogens is 293 g/mol. The van der Waals surface area contributed by atoms with Gasteiger partial charge in [0.2, 0.25) is 10.0 Å². The number of sulfonamides is 1. The van der Waals surface area contributed by atoms with Gasteiger partial charge in [0.05, 0.1) is 0 Å². The van der Waals surface area contributed by atoms with Crippen LogP contribution in [0.5, 0.6) is 0 Å². The molecule has 6 heteroatoms. The van der Waals surface area contributed by atoms with E-state index in [9.17, 15) is 12.8 Å². The van der Waals surface area contributed by atoms with E-state index in [0.29, 0.717) is 12.0 Å². The lowest BCUT2D eigenvalue weighted by atomic mass is 9.93. The van der Waals surface area contributed by atoms with Crippen LogP contribution in [0.3, 0.4) is 0 Å². The molecule has 1 rings (SSSR count). The standard InChI is InChI=1S/C15H20FNO3S/c1-15(2,3)8-9-17-21(19,20)14-7-6-12(5-4-10-18)11-13(14)16/h6-7,11,17-18H,8-10H2,1-3H3. The van der Waals surface area contributed by atoms with Gasteiger partial charge in [-0.3, -0.25) is 0 Å². The predicted molar refractivity (Wildman–Crippen MR) is 79.6 cm³/mol. The smallest absolute Gasteiger partial charge is 0.243 e. The van der Waals surface area contributed by atoms with Gasteiger partial charge in [0, 0.05) is 12.1 Å². The number of rotatable bonds is 4. The first-order chi connectivity index (χ1) is 9.65. The molecule has 0 bridgehead atoms. The third-order valence-electron chi connectivity index (χ3n) is 2.70. The van der Waals surface area contributed by atoms with Crippen molar-refractivity contribution in [1.29, 1.82) is 0 Å². The molecule has 0 aliphatic rings. The van der Waals surface area contributed by atoms with Crippen LogP contribution in [0.4, 0.5) is 4.39 Å². The molecule has 0 atom stereocenters. The summed E-state index contributed by atoms with van der Waals surface area (Å²) < 4.78 is 40.4. The van der Waals surface area contributed by atoms with Gasteiger partial charge in [-0.25, -0.2) is 17.5 Å². The average molecular weight is 313 g/mol. The number of halogens is 1. The highest BCUT2D eigenvalue weighted by molar-refractivity contribution is 7.89. The molecule has 0 aromatic heterocycles. The first kappa shape index (κ1) is 17.6. The Balaban J connectivity index is 2.89. The molecule has 0 heterocycles. The minimum absolute atomic E-state index is 0.00912. The van der Waals surface area contributed by atoms with Gasteiger partial charge in [0.25, 0.3) is 0 Å². The molecule has 116 valence electrons. The van der Waals surface area contributed by atoms with Crippen molar-refractivity contribution in [3.63, 3.8) is 0 Å². The summed E-state index contributed by atoms with van der Waals surface area (Å²) in [6.45, 7) is 5.90. The maximum absolute atomic E-state index is 13.9. The van der Waals surface area contributed by atoms with E-state index in [-0.39, 0.29) is 18.6 Å². The van der Waals surface area contributed by atoms with Crippen molar-refractivity contribution in [2.75, 3.05) is 13.2 Å². The van der Waals surface area contributed by atoms with Gasteiger partial charge in [-0.1, -0.05) is 32.6 Å². The molecule has 0 saturated carbocycles. The van der Waals surface area contributed by atoms with Crippen LogP contribution >= 0.6 is 0 Å². The van der Waals surface area contributed by atoms with Gasteiger partial charge in [-0.05, 0) is 30.0 Å². The van der Waals surface area contributed by atoms with E-state index < -0.39 is 20.7 Å². The van der Waals surface area contributed by atoms with Crippen LogP contribution in [0.25, 0.3) is 0 Å². The molecule has 0 amide bonds. The second-order valence-electron chi connectivity index (χ2n) is 5.81. The van der Waals surface area contributed by atoms with Crippen LogP contribution in [-0.2, 0) is 10.0 Å². The monoisotopic (exact) mass is 313 g/mol. The van der Waals surface area contributed by atoms with Crippen LogP contribution in [0, 0.1) is 23.1 Å². The number of hydrogen-bond donors (Lipinski definition) is 2. The normalized spacial score (nSPS) is 11.9. The molecule has 0 aliphatic carbocycles. The lowest BCUT2D eigenvalue weighted by Crippen LogP contribution is -2.28. The highest BCUT2D eigenvalue weighted by atomic mass is 32.2. The zero-order valence-electron chi connectivity index (χ0n) is 12.4. The van der Waals surface area contributed by atoms with Gasteiger partial charge >= 0.3 is 0 Å². The minimum Gasteiger partial charge on any atom is -0.384 e. The van der Waals surface area contributed by atoms with E-state index in [1.807, 2.05) is 20.8 Å². The zero-order chi connectivity index (χ0) is 16.1. The van der Waals surface area contributed by atoms with Gasteiger partial charge in [0.1, 0.15) is 17.3 Å². The molecule has 21 heavy (non-hydrogen) atoms. The molecule has 0 unspecified atom stereocenters. The second-order valence-corrected chi connectivity index (χ2v) is 7.55. The first-order valence-corrected chi connectivity index (χ1v) is 8.03. The lowest BCUT2D eigenvalue weighted by molar-refractivity contribution is 0.350. The van der Waals surface area contributed by atoms with Gasteiger partial charge < -0.3 is 5.11 Å². The SMILES string of the molecule is CC(C)(C)CCNS(=O)(=O)c1ccc(C#CCO)cc1F. The third kappa shape index (κ3) is 5.84. The maximum atomic E-state index is 13.9. The molecule has 0 aliphatic heterocycles. The summed E-state index contributed by atoms with van der Waals surface area (Å²) in [5.41, 5.74) is 0.306. The average Bonchev–Trinajstić information content (AvgIpc) is 2.34. The van der Waals surface area contributed by atoms with Gasteiger partial charge in [-0.2, -0.15) is 0 Å². The Morgan fingerprint density at radius 1 is 1.33 bits per heavy atom. The molecule has 0 radical (unpaired) electrons. The summed E-state index contributed by atoms with van der Waals surface area (Å²) in [5, 5.41) is 8.57. The van der Waals surface area contributed by atoms with Crippen molar-refractivity contribution >= 4 is 10.0 Å². The van der Waals surface area contributed by atoms with Crippen molar-refractivity contribution in [2.24, 2.45) is 5.41 Å². The van der Waals surface area contributed by atoms with Crippen LogP contribution in [0.1, 0.15) is 32.8 Å². The van der Waals surface area contributed by atoms with Crippen molar-refractivity contribution in [2.45, 2.75) is 32.1 Å². The van der Waals surface area contributed by atoms with Crippen molar-refractivity contribution in [3.05, 3.63) is 29.6 Å².